The van der Waals surface area contributed by atoms with Crippen LogP contribution in [0.2, 0.25) is 0 Å². The number of carbonyl (C=O) groups is 1. The lowest BCUT2D eigenvalue weighted by Crippen LogP contribution is -2.55. The van der Waals surface area contributed by atoms with Gasteiger partial charge >= 0.3 is 6.18 Å². The summed E-state index contributed by atoms with van der Waals surface area (Å²) < 4.78 is 37.9. The average Bonchev–Trinajstić information content (AvgIpc) is 2.72. The summed E-state index contributed by atoms with van der Waals surface area (Å²) in [6, 6.07) is 7.84. The fourth-order valence-electron chi connectivity index (χ4n) is 3.61. The van der Waals surface area contributed by atoms with Crippen LogP contribution in [0, 0.1) is 0 Å². The standard InChI is InChI=1S/C19H20F3N5O/c20-19(21,22)15-11-24-18(25-12-15)27-7-5-26(6-8-27)17(28)16-9-13-3-1-2-4-14(13)10-23-16/h1-4,11-12,16,23H,5-10H2/t16-/m0/s1. The van der Waals surface area contributed by atoms with Crippen LogP contribution in [0.4, 0.5) is 19.1 Å². The van der Waals surface area contributed by atoms with E-state index in [1.807, 2.05) is 12.1 Å². The molecule has 2 aliphatic rings. The molecule has 1 aromatic carbocycles. The number of aromatic nitrogens is 2. The van der Waals surface area contributed by atoms with Crippen LogP contribution < -0.4 is 10.2 Å². The van der Waals surface area contributed by atoms with Crippen molar-refractivity contribution in [3.63, 3.8) is 0 Å². The highest BCUT2D eigenvalue weighted by Gasteiger charge is 2.33. The average molecular weight is 391 g/mol. The van der Waals surface area contributed by atoms with Gasteiger partial charge in [-0.2, -0.15) is 13.2 Å². The number of rotatable bonds is 2. The Morgan fingerprint density at radius 3 is 2.32 bits per heavy atom. The number of alkyl halides is 3. The monoisotopic (exact) mass is 391 g/mol. The van der Waals surface area contributed by atoms with Crippen molar-refractivity contribution in [1.82, 2.24) is 20.2 Å². The van der Waals surface area contributed by atoms with E-state index in [1.165, 1.54) is 11.1 Å². The number of halogens is 3. The molecule has 6 nitrogen and oxygen atoms in total. The van der Waals surface area contributed by atoms with E-state index >= 15 is 0 Å². The molecule has 28 heavy (non-hydrogen) atoms. The van der Waals surface area contributed by atoms with Crippen molar-refractivity contribution in [1.29, 1.82) is 0 Å². The van der Waals surface area contributed by atoms with Gasteiger partial charge in [-0.05, 0) is 17.5 Å². The highest BCUT2D eigenvalue weighted by molar-refractivity contribution is 5.83. The second kappa shape index (κ2) is 7.38. The molecular weight excluding hydrogens is 371 g/mol. The Kier molecular flexibility index (Phi) is 4.92. The lowest BCUT2D eigenvalue weighted by molar-refractivity contribution is -0.138. The zero-order valence-corrected chi connectivity index (χ0v) is 15.1. The molecule has 1 aromatic heterocycles. The summed E-state index contributed by atoms with van der Waals surface area (Å²) in [6.07, 6.45) is -2.20. The van der Waals surface area contributed by atoms with Gasteiger partial charge in [-0.15, -0.1) is 0 Å². The molecule has 0 saturated carbocycles. The van der Waals surface area contributed by atoms with Crippen LogP contribution in [0.15, 0.2) is 36.7 Å². The van der Waals surface area contributed by atoms with E-state index in [9.17, 15) is 18.0 Å². The lowest BCUT2D eigenvalue weighted by Gasteiger charge is -2.37. The fourth-order valence-corrected chi connectivity index (χ4v) is 3.61. The SMILES string of the molecule is O=C([C@@H]1Cc2ccccc2CN1)N1CCN(c2ncc(C(F)(F)F)cn2)CC1. The van der Waals surface area contributed by atoms with Crippen molar-refractivity contribution in [3.8, 4) is 0 Å². The van der Waals surface area contributed by atoms with Gasteiger partial charge in [0.05, 0.1) is 11.6 Å². The van der Waals surface area contributed by atoms with Crippen LogP contribution in [0.25, 0.3) is 0 Å². The molecule has 4 rings (SSSR count). The van der Waals surface area contributed by atoms with Crippen LogP contribution >= 0.6 is 0 Å². The van der Waals surface area contributed by atoms with Crippen molar-refractivity contribution in [2.75, 3.05) is 31.1 Å². The smallest absolute Gasteiger partial charge is 0.338 e. The van der Waals surface area contributed by atoms with Crippen LogP contribution in [0.5, 0.6) is 0 Å². The van der Waals surface area contributed by atoms with Crippen LogP contribution in [-0.4, -0.2) is 53.0 Å². The van der Waals surface area contributed by atoms with Gasteiger partial charge in [0.25, 0.3) is 0 Å². The Balaban J connectivity index is 1.35. The molecule has 1 N–H and O–H groups in total. The molecule has 0 spiro atoms. The predicted octanol–water partition coefficient (Wildman–Crippen LogP) is 1.86. The molecule has 0 aliphatic carbocycles. The summed E-state index contributed by atoms with van der Waals surface area (Å²) in [7, 11) is 0. The molecule has 0 unspecified atom stereocenters. The number of nitrogens with one attached hydrogen (secondary N) is 1. The molecular formula is C19H20F3N5O. The minimum absolute atomic E-state index is 0.0579. The van der Waals surface area contributed by atoms with E-state index in [2.05, 4.69) is 27.4 Å². The van der Waals surface area contributed by atoms with Crippen molar-refractivity contribution in [2.24, 2.45) is 0 Å². The van der Waals surface area contributed by atoms with Gasteiger partial charge in [-0.25, -0.2) is 9.97 Å². The van der Waals surface area contributed by atoms with Gasteiger partial charge in [-0.1, -0.05) is 24.3 Å². The predicted molar refractivity (Wildman–Crippen MR) is 96.6 cm³/mol. The van der Waals surface area contributed by atoms with Crippen molar-refractivity contribution in [3.05, 3.63) is 53.3 Å². The summed E-state index contributed by atoms with van der Waals surface area (Å²) in [6.45, 7) is 2.62. The number of anilines is 1. The van der Waals surface area contributed by atoms with Crippen LogP contribution in [0.3, 0.4) is 0 Å². The molecule has 1 atom stereocenters. The molecule has 0 bridgehead atoms. The second-order valence-electron chi connectivity index (χ2n) is 6.99. The zero-order chi connectivity index (χ0) is 19.7. The lowest BCUT2D eigenvalue weighted by atomic mass is 9.95. The van der Waals surface area contributed by atoms with Crippen molar-refractivity contribution >= 4 is 11.9 Å². The van der Waals surface area contributed by atoms with Gasteiger partial charge in [0.2, 0.25) is 11.9 Å². The molecule has 3 heterocycles. The molecule has 2 aliphatic heterocycles. The largest absolute Gasteiger partial charge is 0.419 e. The van der Waals surface area contributed by atoms with Crippen LogP contribution in [0.1, 0.15) is 16.7 Å². The molecule has 1 saturated heterocycles. The van der Waals surface area contributed by atoms with Gasteiger partial charge in [0, 0.05) is 45.1 Å². The normalized spacial score (nSPS) is 20.0. The summed E-state index contributed by atoms with van der Waals surface area (Å²) in [5.41, 5.74) is 1.54. The first-order chi connectivity index (χ1) is 13.4. The molecule has 148 valence electrons. The minimum Gasteiger partial charge on any atom is -0.338 e. The number of hydrogen-bond acceptors (Lipinski definition) is 5. The maximum atomic E-state index is 12.8. The topological polar surface area (TPSA) is 61.4 Å². The first kappa shape index (κ1) is 18.7. The van der Waals surface area contributed by atoms with Crippen molar-refractivity contribution < 1.29 is 18.0 Å². The maximum absolute atomic E-state index is 12.8. The zero-order valence-electron chi connectivity index (χ0n) is 15.1. The van der Waals surface area contributed by atoms with E-state index in [0.717, 1.165) is 12.4 Å². The Hall–Kier alpha value is -2.68. The fraction of sp³-hybridized carbons (Fsp3) is 0.421. The Morgan fingerprint density at radius 1 is 1.04 bits per heavy atom. The highest BCUT2D eigenvalue weighted by atomic mass is 19.4. The van der Waals surface area contributed by atoms with E-state index in [0.29, 0.717) is 39.1 Å². The molecule has 9 heteroatoms. The Bertz CT molecular complexity index is 847. The molecule has 1 amide bonds. The Labute approximate surface area is 160 Å². The summed E-state index contributed by atoms with van der Waals surface area (Å²) in [4.78, 5) is 24.1. The third-order valence-electron chi connectivity index (χ3n) is 5.22. The summed E-state index contributed by atoms with van der Waals surface area (Å²) in [5, 5.41) is 3.30. The maximum Gasteiger partial charge on any atom is 0.419 e. The number of piperazine rings is 1. The number of hydrogen-bond donors (Lipinski definition) is 1. The highest BCUT2D eigenvalue weighted by Crippen LogP contribution is 2.28. The summed E-state index contributed by atoms with van der Waals surface area (Å²) >= 11 is 0. The van der Waals surface area contributed by atoms with Gasteiger partial charge < -0.3 is 15.1 Å². The van der Waals surface area contributed by atoms with Crippen molar-refractivity contribution in [2.45, 2.75) is 25.2 Å². The first-order valence-electron chi connectivity index (χ1n) is 9.15. The quantitative estimate of drug-likeness (QED) is 0.847. The van der Waals surface area contributed by atoms with E-state index in [-0.39, 0.29) is 17.9 Å². The van der Waals surface area contributed by atoms with Gasteiger partial charge in [0.15, 0.2) is 0 Å². The first-order valence-corrected chi connectivity index (χ1v) is 9.15. The van der Waals surface area contributed by atoms with Crippen LogP contribution in [-0.2, 0) is 23.9 Å². The minimum atomic E-state index is -4.45. The second-order valence-corrected chi connectivity index (χ2v) is 6.99. The number of carbonyl (C=O) groups excluding carboxylic acids is 1. The number of fused-ring (bicyclic) bond motifs is 1. The molecule has 0 radical (unpaired) electrons. The third kappa shape index (κ3) is 3.80. The summed E-state index contributed by atoms with van der Waals surface area (Å²) in [5.74, 6) is 0.312. The van der Waals surface area contributed by atoms with E-state index in [1.54, 1.807) is 9.80 Å². The molecule has 1 fully saturated rings. The Morgan fingerprint density at radius 2 is 1.68 bits per heavy atom. The van der Waals surface area contributed by atoms with E-state index < -0.39 is 11.7 Å². The van der Waals surface area contributed by atoms with Gasteiger partial charge in [0.1, 0.15) is 0 Å². The van der Waals surface area contributed by atoms with Gasteiger partial charge in [-0.3, -0.25) is 4.79 Å². The number of amides is 1. The third-order valence-corrected chi connectivity index (χ3v) is 5.22. The van der Waals surface area contributed by atoms with E-state index in [4.69, 9.17) is 0 Å². The number of benzene rings is 1. The number of nitrogens with zero attached hydrogens (tertiary/aromatic N) is 4. The molecule has 2 aromatic rings.